The van der Waals surface area contributed by atoms with E-state index >= 15 is 0 Å². The highest BCUT2D eigenvalue weighted by atomic mass is 79.9. The first-order valence-electron chi connectivity index (χ1n) is 15.2. The molecule has 3 aromatic heterocycles. The molecule has 0 aliphatic rings. The van der Waals surface area contributed by atoms with Crippen LogP contribution in [0.1, 0.15) is 127 Å². The summed E-state index contributed by atoms with van der Waals surface area (Å²) in [7, 11) is 2.51. The third-order valence-electron chi connectivity index (χ3n) is 7.49. The van der Waals surface area contributed by atoms with Gasteiger partial charge < -0.3 is 0 Å². The van der Waals surface area contributed by atoms with E-state index in [1.54, 1.807) is 26.4 Å². The van der Waals surface area contributed by atoms with Gasteiger partial charge in [-0.3, -0.25) is 0 Å². The van der Waals surface area contributed by atoms with Crippen LogP contribution < -0.4 is 9.55 Å². The van der Waals surface area contributed by atoms with E-state index in [4.69, 9.17) is 0 Å². The van der Waals surface area contributed by atoms with E-state index in [2.05, 4.69) is 80.4 Å². The van der Waals surface area contributed by atoms with Crippen molar-refractivity contribution in [3.05, 3.63) is 54.4 Å². The second-order valence-electron chi connectivity index (χ2n) is 10.9. The summed E-state index contributed by atoms with van der Waals surface area (Å²) in [6.07, 6.45) is 20.8. The number of thiophene rings is 3. The van der Waals surface area contributed by atoms with Gasteiger partial charge in [-0.1, -0.05) is 87.2 Å². The van der Waals surface area contributed by atoms with Gasteiger partial charge in [-0.25, -0.2) is 0 Å². The highest BCUT2D eigenvalue weighted by molar-refractivity contribution is 9.09. The smallest absolute Gasteiger partial charge is 0.156 e. The average molecular weight is 633 g/mol. The van der Waals surface area contributed by atoms with Gasteiger partial charge in [-0.05, 0) is 97.2 Å². The zero-order valence-electron chi connectivity index (χ0n) is 24.4. The van der Waals surface area contributed by atoms with Crippen LogP contribution in [0.2, 0.25) is 0 Å². The summed E-state index contributed by atoms with van der Waals surface area (Å²) in [5.41, 5.74) is 4.77. The van der Waals surface area contributed by atoms with Crippen LogP contribution in [0.15, 0.2) is 18.2 Å². The predicted molar refractivity (Wildman–Crippen MR) is 182 cm³/mol. The number of hydrogen-bond donors (Lipinski definition) is 0. The lowest BCUT2D eigenvalue weighted by Gasteiger charge is -2.03. The molecule has 0 aliphatic carbocycles. The third-order valence-corrected chi connectivity index (χ3v) is 11.3. The molecule has 0 bridgehead atoms. The molecule has 0 N–H and O–H groups in total. The Labute approximate surface area is 255 Å². The fourth-order valence-electron chi connectivity index (χ4n) is 5.28. The topological polar surface area (TPSA) is 0 Å². The molecule has 0 aliphatic heterocycles. The number of hydrogen-bond acceptors (Lipinski definition) is 3. The highest BCUT2D eigenvalue weighted by Gasteiger charge is 2.16. The molecule has 3 rings (SSSR count). The van der Waals surface area contributed by atoms with Gasteiger partial charge in [0, 0.05) is 31.3 Å². The van der Waals surface area contributed by atoms with E-state index in [0.29, 0.717) is 0 Å². The molecule has 0 saturated heterocycles. The summed E-state index contributed by atoms with van der Waals surface area (Å²) in [6.45, 7) is 9.22. The lowest BCUT2D eigenvalue weighted by atomic mass is 9.72. The average Bonchev–Trinajstić information content (AvgIpc) is 3.56. The summed E-state index contributed by atoms with van der Waals surface area (Å²) < 4.78 is 2.96. The van der Waals surface area contributed by atoms with Crippen LogP contribution in [0.3, 0.4) is 0 Å². The molecule has 0 nitrogen and oxygen atoms in total. The zero-order chi connectivity index (χ0) is 27.2. The molecular formula is C33H49BBrS3. The van der Waals surface area contributed by atoms with Gasteiger partial charge in [0.2, 0.25) is 7.28 Å². The van der Waals surface area contributed by atoms with Crippen LogP contribution in [-0.4, -0.2) is 12.6 Å². The Kier molecular flexibility index (Phi) is 15.4. The quantitative estimate of drug-likeness (QED) is 0.0661. The van der Waals surface area contributed by atoms with E-state index in [-0.39, 0.29) is 0 Å². The van der Waals surface area contributed by atoms with E-state index in [1.807, 2.05) is 22.7 Å². The summed E-state index contributed by atoms with van der Waals surface area (Å²) >= 11 is 9.65. The van der Waals surface area contributed by atoms with Crippen molar-refractivity contribution in [1.29, 1.82) is 0 Å². The maximum atomic E-state index is 3.56. The fraction of sp³-hybridized carbons (Fsp3) is 0.636. The summed E-state index contributed by atoms with van der Waals surface area (Å²) in [5, 5.41) is 1.14. The number of unbranched alkanes of at least 4 members (excludes halogenated alkanes) is 9. The Morgan fingerprint density at radius 1 is 0.658 bits per heavy atom. The van der Waals surface area contributed by atoms with Gasteiger partial charge in [-0.2, -0.15) is 22.7 Å². The number of aryl methyl sites for hydroxylation is 5. The maximum Gasteiger partial charge on any atom is 0.219 e. The van der Waals surface area contributed by atoms with Crippen LogP contribution in [-0.2, 0) is 25.7 Å². The molecule has 0 atom stereocenters. The molecule has 3 heterocycles. The molecule has 0 amide bonds. The van der Waals surface area contributed by atoms with Gasteiger partial charge in [0.05, 0.1) is 0 Å². The lowest BCUT2D eigenvalue weighted by Crippen LogP contribution is -2.24. The molecule has 3 aromatic rings. The molecule has 0 fully saturated rings. The van der Waals surface area contributed by atoms with Crippen molar-refractivity contribution >= 4 is 66.8 Å². The second kappa shape index (κ2) is 18.2. The van der Waals surface area contributed by atoms with E-state index in [0.717, 1.165) is 11.8 Å². The Morgan fingerprint density at radius 3 is 1.97 bits per heavy atom. The summed E-state index contributed by atoms with van der Waals surface area (Å²) in [4.78, 5) is 6.16. The first kappa shape index (κ1) is 32.2. The SMILES string of the molecule is CCCCCCc1cc(C)sc1[B]c1cc(CCCCCC)c(Cc2cc(CCCCCCBr)c(C)s2)s1. The molecule has 1 radical (unpaired) electrons. The Morgan fingerprint density at radius 2 is 1.29 bits per heavy atom. The van der Waals surface area contributed by atoms with Crippen molar-refractivity contribution in [2.24, 2.45) is 0 Å². The second-order valence-corrected chi connectivity index (χ2v) is 15.5. The Balaban J connectivity index is 1.70. The highest BCUT2D eigenvalue weighted by Crippen LogP contribution is 2.29. The standard InChI is InChI=1S/C33H49BBrS3/c1-5-7-9-13-18-28-23-32(34-33-29(21-25(3)36-33)19-14-10-8-6-2)38-31(28)24-30-22-27(26(4)37-30)17-15-11-12-16-20-35/h21-23H,5-20,24H2,1-4H3. The minimum Gasteiger partial charge on any atom is -0.156 e. The Bertz CT molecular complexity index is 1060. The molecular weight excluding hydrogens is 583 g/mol. The summed E-state index contributed by atoms with van der Waals surface area (Å²) in [5.74, 6) is 0. The van der Waals surface area contributed by atoms with E-state index in [9.17, 15) is 0 Å². The van der Waals surface area contributed by atoms with Crippen LogP contribution >= 0.6 is 49.9 Å². The van der Waals surface area contributed by atoms with E-state index in [1.165, 1.54) is 116 Å². The van der Waals surface area contributed by atoms with Gasteiger partial charge in [-0.15, -0.1) is 11.3 Å². The predicted octanol–water partition coefficient (Wildman–Crippen LogP) is 10.5. The minimum atomic E-state index is 1.12. The fourth-order valence-corrected chi connectivity index (χ4v) is 9.16. The molecule has 0 unspecified atom stereocenters. The van der Waals surface area contributed by atoms with Gasteiger partial charge >= 0.3 is 0 Å². The van der Waals surface area contributed by atoms with Crippen LogP contribution in [0.5, 0.6) is 0 Å². The first-order chi connectivity index (χ1) is 18.5. The van der Waals surface area contributed by atoms with Crippen molar-refractivity contribution < 1.29 is 0 Å². The Hall–Kier alpha value is -0.355. The zero-order valence-corrected chi connectivity index (χ0v) is 28.5. The van der Waals surface area contributed by atoms with Crippen LogP contribution in [0.4, 0.5) is 0 Å². The lowest BCUT2D eigenvalue weighted by molar-refractivity contribution is 0.666. The monoisotopic (exact) mass is 631 g/mol. The minimum absolute atomic E-state index is 1.12. The molecule has 0 spiro atoms. The number of halogens is 1. The van der Waals surface area contributed by atoms with Crippen molar-refractivity contribution in [3.8, 4) is 0 Å². The maximum absolute atomic E-state index is 3.56. The van der Waals surface area contributed by atoms with E-state index < -0.39 is 0 Å². The van der Waals surface area contributed by atoms with Crippen molar-refractivity contribution in [2.45, 2.75) is 130 Å². The van der Waals surface area contributed by atoms with Crippen LogP contribution in [0.25, 0.3) is 0 Å². The van der Waals surface area contributed by atoms with Gasteiger partial charge in [0.15, 0.2) is 0 Å². The normalized spacial score (nSPS) is 11.5. The van der Waals surface area contributed by atoms with Gasteiger partial charge in [0.1, 0.15) is 0 Å². The first-order valence-corrected chi connectivity index (χ1v) is 18.8. The van der Waals surface area contributed by atoms with Crippen LogP contribution in [0, 0.1) is 13.8 Å². The molecule has 38 heavy (non-hydrogen) atoms. The van der Waals surface area contributed by atoms with Crippen molar-refractivity contribution in [2.75, 3.05) is 5.33 Å². The van der Waals surface area contributed by atoms with Crippen molar-refractivity contribution in [3.63, 3.8) is 0 Å². The van der Waals surface area contributed by atoms with Crippen molar-refractivity contribution in [1.82, 2.24) is 0 Å². The molecule has 0 aromatic carbocycles. The number of alkyl halides is 1. The third kappa shape index (κ3) is 10.9. The largest absolute Gasteiger partial charge is 0.219 e. The molecule has 209 valence electrons. The summed E-state index contributed by atoms with van der Waals surface area (Å²) in [6, 6.07) is 7.51. The van der Waals surface area contributed by atoms with Gasteiger partial charge in [0.25, 0.3) is 0 Å². The molecule has 0 saturated carbocycles. The number of rotatable bonds is 20. The molecule has 5 heteroatoms.